The van der Waals surface area contributed by atoms with Crippen LogP contribution < -0.4 is 11.1 Å². The smallest absolute Gasteiger partial charge is 0.264 e. The molecule has 0 saturated carbocycles. The number of hydrogen-bond donors (Lipinski definition) is 2. The second-order valence-electron chi connectivity index (χ2n) is 7.93. The van der Waals surface area contributed by atoms with Crippen molar-refractivity contribution in [1.82, 2.24) is 14.7 Å². The Balaban J connectivity index is 1.45. The number of anilines is 1. The van der Waals surface area contributed by atoms with Crippen LogP contribution in [0.2, 0.25) is 0 Å². The minimum atomic E-state index is -0.540. The fourth-order valence-electron chi connectivity index (χ4n) is 3.65. The number of rotatable bonds is 8. The number of fused-ring (bicyclic) bond motifs is 1. The molecular formula is C25H24FN5O3S. The van der Waals surface area contributed by atoms with Crippen LogP contribution in [0.4, 0.5) is 10.1 Å². The van der Waals surface area contributed by atoms with Crippen LogP contribution in [0.15, 0.2) is 54.6 Å². The molecule has 0 spiro atoms. The van der Waals surface area contributed by atoms with E-state index < -0.39 is 5.91 Å². The molecule has 8 nitrogen and oxygen atoms in total. The number of amides is 3. The molecule has 0 bridgehead atoms. The topological polar surface area (TPSA) is 110 Å². The first-order valence-electron chi connectivity index (χ1n) is 11.0. The van der Waals surface area contributed by atoms with Gasteiger partial charge in [-0.25, -0.2) is 9.07 Å². The molecule has 0 saturated heterocycles. The Morgan fingerprint density at radius 3 is 2.43 bits per heavy atom. The molecule has 0 aliphatic carbocycles. The molecule has 0 aliphatic rings. The maximum Gasteiger partial charge on any atom is 0.264 e. The summed E-state index contributed by atoms with van der Waals surface area (Å²) in [6.07, 6.45) is 0.116. The lowest BCUT2D eigenvalue weighted by molar-refractivity contribution is -0.116. The molecule has 0 radical (unpaired) electrons. The van der Waals surface area contributed by atoms with Gasteiger partial charge in [0.05, 0.1) is 16.3 Å². The van der Waals surface area contributed by atoms with Crippen LogP contribution in [0.25, 0.3) is 15.9 Å². The van der Waals surface area contributed by atoms with Crippen molar-refractivity contribution in [2.45, 2.75) is 20.3 Å². The van der Waals surface area contributed by atoms with E-state index in [2.05, 4.69) is 10.4 Å². The van der Waals surface area contributed by atoms with Crippen LogP contribution in [-0.2, 0) is 4.79 Å². The summed E-state index contributed by atoms with van der Waals surface area (Å²) >= 11 is 1.31. The van der Waals surface area contributed by atoms with E-state index in [0.717, 1.165) is 15.9 Å². The van der Waals surface area contributed by atoms with Gasteiger partial charge in [-0.05, 0) is 68.4 Å². The maximum absolute atomic E-state index is 13.3. The zero-order chi connectivity index (χ0) is 25.1. The summed E-state index contributed by atoms with van der Waals surface area (Å²) in [7, 11) is 0. The first-order chi connectivity index (χ1) is 16.8. The minimum Gasteiger partial charge on any atom is -0.366 e. The van der Waals surface area contributed by atoms with E-state index in [9.17, 15) is 18.8 Å². The molecule has 0 unspecified atom stereocenters. The quantitative estimate of drug-likeness (QED) is 0.385. The van der Waals surface area contributed by atoms with Crippen molar-refractivity contribution in [2.75, 3.05) is 18.4 Å². The van der Waals surface area contributed by atoms with Crippen molar-refractivity contribution in [1.29, 1.82) is 0 Å². The van der Waals surface area contributed by atoms with Crippen LogP contribution in [0.5, 0.6) is 0 Å². The van der Waals surface area contributed by atoms with Crippen LogP contribution >= 0.6 is 11.3 Å². The summed E-state index contributed by atoms with van der Waals surface area (Å²) in [5.74, 6) is -1.29. The molecule has 35 heavy (non-hydrogen) atoms. The summed E-state index contributed by atoms with van der Waals surface area (Å²) in [6, 6.07) is 14.1. The van der Waals surface area contributed by atoms with Crippen LogP contribution in [0.3, 0.4) is 0 Å². The van der Waals surface area contributed by atoms with Gasteiger partial charge in [0.25, 0.3) is 5.91 Å². The van der Waals surface area contributed by atoms with Crippen molar-refractivity contribution >= 4 is 45.0 Å². The number of carbonyl (C=O) groups excluding carboxylic acids is 3. The van der Waals surface area contributed by atoms with Gasteiger partial charge in [-0.15, -0.1) is 11.3 Å². The molecular weight excluding hydrogens is 469 g/mol. The number of nitrogens with one attached hydrogen (secondary N) is 1. The third-order valence-electron chi connectivity index (χ3n) is 5.56. The Morgan fingerprint density at radius 2 is 1.80 bits per heavy atom. The van der Waals surface area contributed by atoms with Crippen molar-refractivity contribution in [3.63, 3.8) is 0 Å². The zero-order valence-electron chi connectivity index (χ0n) is 19.2. The van der Waals surface area contributed by atoms with Crippen molar-refractivity contribution < 1.29 is 18.8 Å². The molecule has 3 amide bonds. The van der Waals surface area contributed by atoms with E-state index in [1.54, 1.807) is 33.8 Å². The van der Waals surface area contributed by atoms with Gasteiger partial charge >= 0.3 is 0 Å². The number of nitrogens with zero attached hydrogens (tertiary/aromatic N) is 3. The number of primary amides is 1. The lowest BCUT2D eigenvalue weighted by atomic mass is 10.2. The number of nitrogens with two attached hydrogens (primary N) is 1. The predicted molar refractivity (Wildman–Crippen MR) is 133 cm³/mol. The number of halogens is 1. The molecule has 0 aliphatic heterocycles. The van der Waals surface area contributed by atoms with E-state index in [1.807, 2.05) is 19.9 Å². The van der Waals surface area contributed by atoms with Gasteiger partial charge in [0.15, 0.2) is 0 Å². The zero-order valence-corrected chi connectivity index (χ0v) is 20.1. The molecule has 0 atom stereocenters. The SMILES string of the molecule is CCN(CCC(=O)Nc1ccc(C(N)=O)cc1)C(=O)c1cc2c(C)nn(-c3ccc(F)cc3)c2s1. The van der Waals surface area contributed by atoms with Crippen molar-refractivity contribution in [3.05, 3.63) is 76.5 Å². The maximum atomic E-state index is 13.3. The highest BCUT2D eigenvalue weighted by Gasteiger charge is 2.21. The molecule has 2 aromatic carbocycles. The third kappa shape index (κ3) is 5.22. The standard InChI is InChI=1S/C25H24FN5O3S/c1-3-30(13-12-22(32)28-18-8-4-16(5-9-18)23(27)33)24(34)21-14-20-15(2)29-31(25(20)35-21)19-10-6-17(26)7-11-19/h4-11,14H,3,12-13H2,1-2H3,(H2,27,33)(H,28,32). The molecule has 4 rings (SSSR count). The van der Waals surface area contributed by atoms with Crippen molar-refractivity contribution in [3.8, 4) is 5.69 Å². The van der Waals surface area contributed by atoms with E-state index in [-0.39, 0.29) is 30.6 Å². The first kappa shape index (κ1) is 24.1. The molecule has 3 N–H and O–H groups in total. The monoisotopic (exact) mass is 493 g/mol. The minimum absolute atomic E-state index is 0.116. The third-order valence-corrected chi connectivity index (χ3v) is 6.66. The van der Waals surface area contributed by atoms with Crippen LogP contribution in [-0.4, -0.2) is 45.5 Å². The average molecular weight is 494 g/mol. The summed E-state index contributed by atoms with van der Waals surface area (Å²) in [4.78, 5) is 39.7. The van der Waals surface area contributed by atoms with Crippen LogP contribution in [0.1, 0.15) is 39.1 Å². The van der Waals surface area contributed by atoms with Crippen LogP contribution in [0, 0.1) is 12.7 Å². The Kier molecular flexibility index (Phi) is 6.92. The largest absolute Gasteiger partial charge is 0.366 e. The Hall–Kier alpha value is -4.05. The fourth-order valence-corrected chi connectivity index (χ4v) is 4.80. The predicted octanol–water partition coefficient (Wildman–Crippen LogP) is 4.12. The van der Waals surface area contributed by atoms with Gasteiger partial charge in [0.1, 0.15) is 10.6 Å². The summed E-state index contributed by atoms with van der Waals surface area (Å²) in [5.41, 5.74) is 7.60. The fraction of sp³-hybridized carbons (Fsp3) is 0.200. The second-order valence-corrected chi connectivity index (χ2v) is 8.96. The Bertz CT molecular complexity index is 1390. The number of carbonyl (C=O) groups is 3. The normalized spacial score (nSPS) is 10.9. The molecule has 180 valence electrons. The second kappa shape index (κ2) is 10.1. The number of thiophene rings is 1. The summed E-state index contributed by atoms with van der Waals surface area (Å²) < 4.78 is 15.0. The Morgan fingerprint density at radius 1 is 1.11 bits per heavy atom. The van der Waals surface area contributed by atoms with E-state index in [1.165, 1.54) is 35.6 Å². The van der Waals surface area contributed by atoms with Gasteiger partial charge in [0, 0.05) is 36.1 Å². The Labute approximate surface area is 205 Å². The van der Waals surface area contributed by atoms with Gasteiger partial charge in [-0.2, -0.15) is 5.10 Å². The van der Waals surface area contributed by atoms with Crippen molar-refractivity contribution in [2.24, 2.45) is 5.73 Å². The molecule has 0 fully saturated rings. The molecule has 2 heterocycles. The lowest BCUT2D eigenvalue weighted by Crippen LogP contribution is -2.33. The van der Waals surface area contributed by atoms with E-state index in [0.29, 0.717) is 28.4 Å². The lowest BCUT2D eigenvalue weighted by Gasteiger charge is -2.19. The highest BCUT2D eigenvalue weighted by atomic mass is 32.1. The number of aromatic nitrogens is 2. The van der Waals surface area contributed by atoms with E-state index in [4.69, 9.17) is 5.73 Å². The number of aryl methyl sites for hydroxylation is 1. The van der Waals surface area contributed by atoms with Gasteiger partial charge in [0.2, 0.25) is 11.8 Å². The van der Waals surface area contributed by atoms with Gasteiger partial charge in [-0.3, -0.25) is 14.4 Å². The molecule has 10 heteroatoms. The number of hydrogen-bond acceptors (Lipinski definition) is 5. The van der Waals surface area contributed by atoms with Gasteiger partial charge < -0.3 is 16.0 Å². The summed E-state index contributed by atoms with van der Waals surface area (Å²) in [5, 5.41) is 8.14. The first-order valence-corrected chi connectivity index (χ1v) is 11.8. The van der Waals surface area contributed by atoms with E-state index >= 15 is 0 Å². The number of benzene rings is 2. The van der Waals surface area contributed by atoms with Gasteiger partial charge in [-0.1, -0.05) is 0 Å². The highest BCUT2D eigenvalue weighted by molar-refractivity contribution is 7.20. The molecule has 4 aromatic rings. The highest BCUT2D eigenvalue weighted by Crippen LogP contribution is 2.31. The molecule has 2 aromatic heterocycles. The average Bonchev–Trinajstić information content (AvgIpc) is 3.41. The summed E-state index contributed by atoms with van der Waals surface area (Å²) in [6.45, 7) is 4.41.